The number of aliphatic hydroxyl groups is 1. The first-order chi connectivity index (χ1) is 6.10. The van der Waals surface area contributed by atoms with Gasteiger partial charge in [0.2, 0.25) is 0 Å². The molecule has 2 atom stereocenters. The molecule has 0 spiro atoms. The Bertz CT molecular complexity index is 181. The van der Waals surface area contributed by atoms with Gasteiger partial charge in [0.15, 0.2) is 0 Å². The van der Waals surface area contributed by atoms with E-state index in [4.69, 9.17) is 0 Å². The lowest BCUT2D eigenvalue weighted by Gasteiger charge is -2.52. The van der Waals surface area contributed by atoms with E-state index in [1.807, 2.05) is 6.92 Å². The molecule has 3 saturated heterocycles. The van der Waals surface area contributed by atoms with E-state index >= 15 is 0 Å². The van der Waals surface area contributed by atoms with Gasteiger partial charge in [-0.3, -0.25) is 0 Å². The Morgan fingerprint density at radius 1 is 1.46 bits per heavy atom. The molecule has 3 fully saturated rings. The Balaban J connectivity index is 2.03. The molecule has 2 nitrogen and oxygen atoms in total. The van der Waals surface area contributed by atoms with Crippen molar-refractivity contribution in [2.24, 2.45) is 11.3 Å². The minimum Gasteiger partial charge on any atom is -0.393 e. The summed E-state index contributed by atoms with van der Waals surface area (Å²) in [5, 5.41) is 9.43. The molecule has 0 radical (unpaired) electrons. The van der Waals surface area contributed by atoms with Crippen LogP contribution in [-0.2, 0) is 0 Å². The highest BCUT2D eigenvalue weighted by Gasteiger charge is 2.43. The Kier molecular flexibility index (Phi) is 2.37. The van der Waals surface area contributed by atoms with Crippen molar-refractivity contribution in [3.05, 3.63) is 0 Å². The van der Waals surface area contributed by atoms with Crippen molar-refractivity contribution in [1.29, 1.82) is 0 Å². The molecule has 3 aliphatic heterocycles. The molecule has 3 rings (SSSR count). The number of aliphatic hydroxyl groups excluding tert-OH is 1. The molecule has 0 saturated carbocycles. The van der Waals surface area contributed by atoms with Crippen LogP contribution in [0.3, 0.4) is 0 Å². The van der Waals surface area contributed by atoms with Crippen molar-refractivity contribution < 1.29 is 5.11 Å². The van der Waals surface area contributed by atoms with Gasteiger partial charge in [-0.25, -0.2) is 0 Å². The predicted molar refractivity (Wildman–Crippen MR) is 53.6 cm³/mol. The molecular formula is C11H21NO. The Labute approximate surface area is 80.9 Å². The van der Waals surface area contributed by atoms with Crippen LogP contribution in [-0.4, -0.2) is 35.7 Å². The van der Waals surface area contributed by atoms with E-state index in [2.05, 4.69) is 11.8 Å². The van der Waals surface area contributed by atoms with Gasteiger partial charge >= 0.3 is 0 Å². The molecule has 1 N–H and O–H groups in total. The third-order valence-electron chi connectivity index (χ3n) is 4.09. The highest BCUT2D eigenvalue weighted by Crippen LogP contribution is 2.45. The fourth-order valence-electron chi connectivity index (χ4n) is 2.96. The molecule has 2 heteroatoms. The van der Waals surface area contributed by atoms with Gasteiger partial charge in [0.05, 0.1) is 6.10 Å². The van der Waals surface area contributed by atoms with Crippen molar-refractivity contribution in [3.8, 4) is 0 Å². The summed E-state index contributed by atoms with van der Waals surface area (Å²) in [5.41, 5.74) is 0.533. The Morgan fingerprint density at radius 3 is 2.54 bits per heavy atom. The molecule has 2 unspecified atom stereocenters. The van der Waals surface area contributed by atoms with Gasteiger partial charge in [-0.2, -0.15) is 0 Å². The van der Waals surface area contributed by atoms with Crippen LogP contribution in [0.4, 0.5) is 0 Å². The fourth-order valence-corrected chi connectivity index (χ4v) is 2.96. The van der Waals surface area contributed by atoms with Crippen LogP contribution in [0.25, 0.3) is 0 Å². The second-order valence-electron chi connectivity index (χ2n) is 5.24. The molecule has 0 amide bonds. The first-order valence-corrected chi connectivity index (χ1v) is 5.50. The molecule has 0 aromatic carbocycles. The van der Waals surface area contributed by atoms with Gasteiger partial charge in [0, 0.05) is 6.54 Å². The third kappa shape index (κ3) is 1.75. The Morgan fingerprint density at radius 2 is 2.08 bits per heavy atom. The smallest absolute Gasteiger partial charge is 0.0515 e. The van der Waals surface area contributed by atoms with Crippen molar-refractivity contribution in [2.45, 2.75) is 39.2 Å². The number of nitrogens with zero attached hydrogens (tertiary/aromatic N) is 1. The van der Waals surface area contributed by atoms with Crippen LogP contribution >= 0.6 is 0 Å². The average molecular weight is 183 g/mol. The number of hydrogen-bond donors (Lipinski definition) is 1. The highest BCUT2D eigenvalue weighted by molar-refractivity contribution is 4.95. The number of piperidine rings is 3. The first kappa shape index (κ1) is 9.47. The zero-order valence-electron chi connectivity index (χ0n) is 8.79. The van der Waals surface area contributed by atoms with E-state index in [0.29, 0.717) is 5.41 Å². The quantitative estimate of drug-likeness (QED) is 0.701. The largest absolute Gasteiger partial charge is 0.393 e. The minimum absolute atomic E-state index is 0.123. The van der Waals surface area contributed by atoms with E-state index < -0.39 is 0 Å². The lowest BCUT2D eigenvalue weighted by Crippen LogP contribution is -2.53. The standard InChI is InChI=1S/C11H21NO/c1-9(13)7-10-8-12-5-3-11(10,2)4-6-12/h9-10,13H,3-8H2,1-2H3. The molecule has 76 valence electrons. The van der Waals surface area contributed by atoms with Crippen molar-refractivity contribution in [2.75, 3.05) is 19.6 Å². The van der Waals surface area contributed by atoms with Gasteiger partial charge in [0.25, 0.3) is 0 Å². The number of hydrogen-bond acceptors (Lipinski definition) is 2. The summed E-state index contributed by atoms with van der Waals surface area (Å²) < 4.78 is 0. The van der Waals surface area contributed by atoms with Crippen LogP contribution in [0.2, 0.25) is 0 Å². The van der Waals surface area contributed by atoms with Crippen LogP contribution < -0.4 is 0 Å². The zero-order chi connectivity index (χ0) is 9.47. The van der Waals surface area contributed by atoms with Crippen molar-refractivity contribution in [3.63, 3.8) is 0 Å². The predicted octanol–water partition coefficient (Wildman–Crippen LogP) is 1.49. The summed E-state index contributed by atoms with van der Waals surface area (Å²) in [5.74, 6) is 0.731. The van der Waals surface area contributed by atoms with Crippen LogP contribution in [0.1, 0.15) is 33.1 Å². The summed E-state index contributed by atoms with van der Waals surface area (Å²) >= 11 is 0. The highest BCUT2D eigenvalue weighted by atomic mass is 16.3. The normalized spacial score (nSPS) is 46.4. The van der Waals surface area contributed by atoms with Gasteiger partial charge in [-0.15, -0.1) is 0 Å². The molecule has 0 aliphatic carbocycles. The van der Waals surface area contributed by atoms with E-state index in [-0.39, 0.29) is 6.10 Å². The topological polar surface area (TPSA) is 23.5 Å². The van der Waals surface area contributed by atoms with Crippen molar-refractivity contribution in [1.82, 2.24) is 4.90 Å². The van der Waals surface area contributed by atoms with Crippen LogP contribution in [0, 0.1) is 11.3 Å². The second kappa shape index (κ2) is 3.25. The zero-order valence-corrected chi connectivity index (χ0v) is 8.79. The second-order valence-corrected chi connectivity index (χ2v) is 5.24. The SMILES string of the molecule is CC(O)CC1CN2CCC1(C)CC2. The number of fused-ring (bicyclic) bond motifs is 3. The maximum absolute atomic E-state index is 9.43. The third-order valence-corrected chi connectivity index (χ3v) is 4.09. The lowest BCUT2D eigenvalue weighted by atomic mass is 9.65. The molecule has 2 bridgehead atoms. The van der Waals surface area contributed by atoms with Crippen molar-refractivity contribution >= 4 is 0 Å². The molecule has 3 aliphatic rings. The van der Waals surface area contributed by atoms with Gasteiger partial charge in [0.1, 0.15) is 0 Å². The fraction of sp³-hybridized carbons (Fsp3) is 1.00. The van der Waals surface area contributed by atoms with E-state index in [1.165, 1.54) is 32.5 Å². The summed E-state index contributed by atoms with van der Waals surface area (Å²) in [7, 11) is 0. The van der Waals surface area contributed by atoms with E-state index in [1.54, 1.807) is 0 Å². The first-order valence-electron chi connectivity index (χ1n) is 5.50. The maximum Gasteiger partial charge on any atom is 0.0515 e. The number of rotatable bonds is 2. The summed E-state index contributed by atoms with van der Waals surface area (Å²) in [6, 6.07) is 0. The monoisotopic (exact) mass is 183 g/mol. The van der Waals surface area contributed by atoms with E-state index in [9.17, 15) is 5.11 Å². The lowest BCUT2D eigenvalue weighted by molar-refractivity contribution is -0.0402. The van der Waals surface area contributed by atoms with Gasteiger partial charge in [-0.1, -0.05) is 6.92 Å². The van der Waals surface area contributed by atoms with Gasteiger partial charge < -0.3 is 10.0 Å². The summed E-state index contributed by atoms with van der Waals surface area (Å²) in [6.07, 6.45) is 3.55. The molecule has 0 aromatic heterocycles. The molecule has 3 heterocycles. The summed E-state index contributed by atoms with van der Waals surface area (Å²) in [6.45, 7) is 8.12. The molecular weight excluding hydrogens is 162 g/mol. The van der Waals surface area contributed by atoms with Crippen LogP contribution in [0.15, 0.2) is 0 Å². The minimum atomic E-state index is -0.123. The molecule has 0 aromatic rings. The van der Waals surface area contributed by atoms with E-state index in [0.717, 1.165) is 12.3 Å². The average Bonchev–Trinajstić information content (AvgIpc) is 2.06. The Hall–Kier alpha value is -0.0800. The maximum atomic E-state index is 9.43. The van der Waals surface area contributed by atoms with Crippen LogP contribution in [0.5, 0.6) is 0 Å². The molecule has 13 heavy (non-hydrogen) atoms. The summed E-state index contributed by atoms with van der Waals surface area (Å²) in [4.78, 5) is 2.55. The van der Waals surface area contributed by atoms with Gasteiger partial charge in [-0.05, 0) is 50.6 Å².